The number of carbonyl (C=O) groups is 2. The van der Waals surface area contributed by atoms with Crippen molar-refractivity contribution >= 4 is 27.8 Å². The molecule has 0 radical (unpaired) electrons. The Morgan fingerprint density at radius 1 is 1.45 bits per heavy atom. The molecule has 3 rings (SSSR count). The van der Waals surface area contributed by atoms with E-state index in [1.54, 1.807) is 4.90 Å². The number of halogens is 1. The lowest BCUT2D eigenvalue weighted by Crippen LogP contribution is -2.48. The summed E-state index contributed by atoms with van der Waals surface area (Å²) in [5.41, 5.74) is 1.84. The zero-order valence-electron chi connectivity index (χ0n) is 11.3. The highest BCUT2D eigenvalue weighted by Gasteiger charge is 2.42. The minimum atomic E-state index is -0.357. The predicted molar refractivity (Wildman–Crippen MR) is 77.6 cm³/mol. The summed E-state index contributed by atoms with van der Waals surface area (Å²) in [6.45, 7) is 0.0476. The third-order valence-electron chi connectivity index (χ3n) is 4.31. The van der Waals surface area contributed by atoms with E-state index in [4.69, 9.17) is 4.74 Å². The highest BCUT2D eigenvalue weighted by Crippen LogP contribution is 2.44. The van der Waals surface area contributed by atoms with Gasteiger partial charge in [0, 0.05) is 22.0 Å². The third-order valence-corrected chi connectivity index (χ3v) is 4.80. The number of rotatable bonds is 2. The van der Waals surface area contributed by atoms with Crippen molar-refractivity contribution in [3.05, 3.63) is 33.8 Å². The van der Waals surface area contributed by atoms with Crippen LogP contribution in [0.1, 0.15) is 41.1 Å². The quantitative estimate of drug-likeness (QED) is 0.779. The van der Waals surface area contributed by atoms with Crippen molar-refractivity contribution in [2.45, 2.75) is 31.2 Å². The number of carbonyl (C=O) groups excluding carboxylic acids is 2. The highest BCUT2D eigenvalue weighted by atomic mass is 79.9. The van der Waals surface area contributed by atoms with Crippen molar-refractivity contribution in [1.29, 1.82) is 0 Å². The van der Waals surface area contributed by atoms with Crippen molar-refractivity contribution in [1.82, 2.24) is 4.90 Å². The highest BCUT2D eigenvalue weighted by molar-refractivity contribution is 9.10. The van der Waals surface area contributed by atoms with Gasteiger partial charge in [-0.25, -0.2) is 0 Å². The molecule has 1 saturated carbocycles. The van der Waals surface area contributed by atoms with Crippen LogP contribution in [-0.2, 0) is 9.53 Å². The largest absolute Gasteiger partial charge is 0.468 e. The molecule has 4 nitrogen and oxygen atoms in total. The number of ether oxygens (including phenoxy) is 1. The van der Waals surface area contributed by atoms with Crippen LogP contribution in [0.25, 0.3) is 0 Å². The molecule has 0 spiro atoms. The molecule has 1 aromatic carbocycles. The molecule has 2 aliphatic rings. The van der Waals surface area contributed by atoms with E-state index in [0.717, 1.165) is 34.9 Å². The van der Waals surface area contributed by atoms with Crippen molar-refractivity contribution in [2.24, 2.45) is 0 Å². The molecule has 1 aliphatic carbocycles. The topological polar surface area (TPSA) is 46.6 Å². The Morgan fingerprint density at radius 3 is 3.00 bits per heavy atom. The van der Waals surface area contributed by atoms with Crippen LogP contribution in [-0.4, -0.2) is 36.5 Å². The van der Waals surface area contributed by atoms with Gasteiger partial charge in [-0.05, 0) is 36.6 Å². The summed E-state index contributed by atoms with van der Waals surface area (Å²) < 4.78 is 5.71. The summed E-state index contributed by atoms with van der Waals surface area (Å²) in [4.78, 5) is 25.9. The molecule has 1 fully saturated rings. The first-order valence-corrected chi connectivity index (χ1v) is 7.58. The number of benzene rings is 1. The van der Waals surface area contributed by atoms with Gasteiger partial charge in [-0.3, -0.25) is 9.59 Å². The Labute approximate surface area is 126 Å². The summed E-state index contributed by atoms with van der Waals surface area (Å²) in [5.74, 6) is -0.0736. The van der Waals surface area contributed by atoms with Gasteiger partial charge in [0.1, 0.15) is 6.54 Å². The average molecular weight is 338 g/mol. The maximum Gasteiger partial charge on any atom is 0.325 e. The van der Waals surface area contributed by atoms with Crippen LogP contribution < -0.4 is 0 Å². The minimum absolute atomic E-state index is 0.0476. The fourth-order valence-corrected chi connectivity index (χ4v) is 3.79. The van der Waals surface area contributed by atoms with Gasteiger partial charge < -0.3 is 9.64 Å². The van der Waals surface area contributed by atoms with Crippen molar-refractivity contribution < 1.29 is 14.3 Å². The summed E-state index contributed by atoms with van der Waals surface area (Å²) in [6.07, 6.45) is 3.12. The first-order chi connectivity index (χ1) is 9.61. The van der Waals surface area contributed by atoms with Crippen molar-refractivity contribution in [3.63, 3.8) is 0 Å². The van der Waals surface area contributed by atoms with E-state index in [-0.39, 0.29) is 24.5 Å². The van der Waals surface area contributed by atoms with E-state index in [2.05, 4.69) is 15.9 Å². The van der Waals surface area contributed by atoms with E-state index in [0.29, 0.717) is 5.92 Å². The van der Waals surface area contributed by atoms with E-state index < -0.39 is 0 Å². The van der Waals surface area contributed by atoms with Crippen molar-refractivity contribution in [3.8, 4) is 0 Å². The van der Waals surface area contributed by atoms with E-state index in [9.17, 15) is 9.59 Å². The van der Waals surface area contributed by atoms with E-state index in [1.807, 2.05) is 18.2 Å². The third kappa shape index (κ3) is 2.14. The fourth-order valence-electron chi connectivity index (χ4n) is 3.41. The molecule has 0 saturated heterocycles. The molecular weight excluding hydrogens is 322 g/mol. The molecule has 0 bridgehead atoms. The van der Waals surface area contributed by atoms with Gasteiger partial charge in [-0.1, -0.05) is 22.4 Å². The van der Waals surface area contributed by atoms with Crippen molar-refractivity contribution in [2.75, 3.05) is 13.7 Å². The standard InChI is InChI=1S/C15H16BrNO3/c1-20-14(18)8-17-13-4-2-3-10(13)12-7-9(16)5-6-11(12)15(17)19/h5-7,10,13H,2-4,8H2,1H3/t10-,13-/m1/s1. The summed E-state index contributed by atoms with van der Waals surface area (Å²) in [5, 5.41) is 0. The van der Waals surface area contributed by atoms with Crippen LogP contribution in [0.4, 0.5) is 0 Å². The lowest BCUT2D eigenvalue weighted by Gasteiger charge is -2.38. The van der Waals surface area contributed by atoms with Crippen LogP contribution in [0.5, 0.6) is 0 Å². The molecule has 5 heteroatoms. The van der Waals surface area contributed by atoms with Gasteiger partial charge in [0.2, 0.25) is 0 Å². The molecule has 2 atom stereocenters. The van der Waals surface area contributed by atoms with Crippen LogP contribution in [0.15, 0.2) is 22.7 Å². The second-order valence-electron chi connectivity index (χ2n) is 5.35. The second kappa shape index (κ2) is 5.20. The predicted octanol–water partition coefficient (Wildman–Crippen LogP) is 2.71. The second-order valence-corrected chi connectivity index (χ2v) is 6.26. The Bertz CT molecular complexity index is 572. The molecule has 0 unspecified atom stereocenters. The zero-order valence-corrected chi connectivity index (χ0v) is 12.9. The van der Waals surface area contributed by atoms with Crippen LogP contribution in [0.2, 0.25) is 0 Å². The molecule has 1 heterocycles. The number of hydrogen-bond acceptors (Lipinski definition) is 3. The summed E-state index contributed by atoms with van der Waals surface area (Å²) in [6, 6.07) is 5.90. The molecule has 0 aromatic heterocycles. The number of amides is 1. The fraction of sp³-hybridized carbons (Fsp3) is 0.467. The lowest BCUT2D eigenvalue weighted by atomic mass is 9.85. The monoisotopic (exact) mass is 337 g/mol. The zero-order chi connectivity index (χ0) is 14.3. The van der Waals surface area contributed by atoms with Gasteiger partial charge >= 0.3 is 5.97 Å². The molecule has 106 valence electrons. The Balaban J connectivity index is 2.01. The Hall–Kier alpha value is -1.36. The SMILES string of the molecule is COC(=O)CN1C(=O)c2ccc(Br)cc2[C@H]2CCC[C@H]21. The van der Waals surface area contributed by atoms with Gasteiger partial charge in [0.05, 0.1) is 7.11 Å². The number of fused-ring (bicyclic) bond motifs is 3. The maximum atomic E-state index is 12.6. The molecule has 0 N–H and O–H groups in total. The van der Waals surface area contributed by atoms with Crippen LogP contribution >= 0.6 is 15.9 Å². The van der Waals surface area contributed by atoms with Crippen LogP contribution in [0.3, 0.4) is 0 Å². The van der Waals surface area contributed by atoms with Gasteiger partial charge in [-0.15, -0.1) is 0 Å². The minimum Gasteiger partial charge on any atom is -0.468 e. The lowest BCUT2D eigenvalue weighted by molar-refractivity contribution is -0.141. The summed E-state index contributed by atoms with van der Waals surface area (Å²) >= 11 is 3.47. The Kier molecular flexibility index (Phi) is 3.54. The smallest absolute Gasteiger partial charge is 0.325 e. The first kappa shape index (κ1) is 13.6. The number of hydrogen-bond donors (Lipinski definition) is 0. The van der Waals surface area contributed by atoms with E-state index >= 15 is 0 Å². The molecule has 1 amide bonds. The molecule has 20 heavy (non-hydrogen) atoms. The molecule has 1 aliphatic heterocycles. The van der Waals surface area contributed by atoms with Crippen LogP contribution in [0, 0.1) is 0 Å². The van der Waals surface area contributed by atoms with E-state index in [1.165, 1.54) is 7.11 Å². The first-order valence-electron chi connectivity index (χ1n) is 6.79. The molecular formula is C15H16BrNO3. The number of nitrogens with zero attached hydrogens (tertiary/aromatic N) is 1. The normalized spacial score (nSPS) is 24.3. The van der Waals surface area contributed by atoms with Gasteiger partial charge in [0.15, 0.2) is 0 Å². The maximum absolute atomic E-state index is 12.6. The van der Waals surface area contributed by atoms with Gasteiger partial charge in [0.25, 0.3) is 5.91 Å². The summed E-state index contributed by atoms with van der Waals surface area (Å²) in [7, 11) is 1.36. The van der Waals surface area contributed by atoms with Gasteiger partial charge in [-0.2, -0.15) is 0 Å². The average Bonchev–Trinajstić information content (AvgIpc) is 2.92. The number of esters is 1. The molecule has 1 aromatic rings. The Morgan fingerprint density at radius 2 is 2.25 bits per heavy atom. The number of methoxy groups -OCH3 is 1.